The largest absolute Gasteiger partial charge is 0.497 e. The van der Waals surface area contributed by atoms with Crippen LogP contribution in [0.25, 0.3) is 0 Å². The molecule has 134 valence electrons. The van der Waals surface area contributed by atoms with Crippen molar-refractivity contribution in [2.75, 3.05) is 33.8 Å². The molecule has 5 nitrogen and oxygen atoms in total. The van der Waals surface area contributed by atoms with E-state index in [2.05, 4.69) is 17.3 Å². The van der Waals surface area contributed by atoms with Crippen LogP contribution in [0.1, 0.15) is 32.6 Å². The topological polar surface area (TPSA) is 50.8 Å². The van der Waals surface area contributed by atoms with Gasteiger partial charge in [0.2, 0.25) is 0 Å². The molecule has 24 heavy (non-hydrogen) atoms. The number of hydrogen-bond donors (Lipinski definition) is 1. The summed E-state index contributed by atoms with van der Waals surface area (Å²) < 4.78 is 11.0. The van der Waals surface area contributed by atoms with Crippen LogP contribution in [0.3, 0.4) is 0 Å². The number of rotatable bonds is 8. The van der Waals surface area contributed by atoms with E-state index in [1.807, 2.05) is 25.1 Å². The maximum absolute atomic E-state index is 12.4. The van der Waals surface area contributed by atoms with Gasteiger partial charge in [0.25, 0.3) is 5.91 Å². The molecule has 5 heteroatoms. The van der Waals surface area contributed by atoms with Crippen molar-refractivity contribution < 1.29 is 14.3 Å². The number of nitrogens with zero attached hydrogens (tertiary/aromatic N) is 1. The molecule has 0 unspecified atom stereocenters. The van der Waals surface area contributed by atoms with E-state index in [-0.39, 0.29) is 5.91 Å². The van der Waals surface area contributed by atoms with Crippen molar-refractivity contribution in [3.63, 3.8) is 0 Å². The molecule has 0 bridgehead atoms. The summed E-state index contributed by atoms with van der Waals surface area (Å²) in [6, 6.07) is 7.36. The molecular formula is C19H30N2O3. The molecule has 0 spiro atoms. The Morgan fingerprint density at radius 1 is 1.33 bits per heavy atom. The fourth-order valence-electron chi connectivity index (χ4n) is 3.03. The van der Waals surface area contributed by atoms with Crippen LogP contribution in [0.2, 0.25) is 0 Å². The van der Waals surface area contributed by atoms with Crippen LogP contribution in [0.4, 0.5) is 0 Å². The Hall–Kier alpha value is -1.75. The molecule has 1 aromatic rings. The van der Waals surface area contributed by atoms with Gasteiger partial charge >= 0.3 is 0 Å². The van der Waals surface area contributed by atoms with Gasteiger partial charge in [0.15, 0.2) is 6.10 Å². The first kappa shape index (κ1) is 18.6. The van der Waals surface area contributed by atoms with Gasteiger partial charge in [-0.25, -0.2) is 0 Å². The van der Waals surface area contributed by atoms with Crippen LogP contribution in [0, 0.1) is 5.92 Å². The minimum Gasteiger partial charge on any atom is -0.497 e. The molecule has 1 fully saturated rings. The summed E-state index contributed by atoms with van der Waals surface area (Å²) in [6.07, 6.45) is 3.68. The number of methoxy groups -OCH3 is 1. The minimum atomic E-state index is -0.463. The van der Waals surface area contributed by atoms with Crippen LogP contribution in [0.15, 0.2) is 24.3 Å². The minimum absolute atomic E-state index is 0.0340. The highest BCUT2D eigenvalue weighted by Gasteiger charge is 2.20. The molecule has 1 aliphatic rings. The highest BCUT2D eigenvalue weighted by atomic mass is 16.5. The van der Waals surface area contributed by atoms with Gasteiger partial charge in [-0.15, -0.1) is 0 Å². The number of ether oxygens (including phenoxy) is 2. The Bertz CT molecular complexity index is 513. The average molecular weight is 334 g/mol. The number of carbonyl (C=O) groups excluding carboxylic acids is 1. The zero-order chi connectivity index (χ0) is 17.4. The van der Waals surface area contributed by atoms with Crippen LogP contribution in [-0.4, -0.2) is 50.7 Å². The molecule has 1 atom stereocenters. The predicted molar refractivity (Wildman–Crippen MR) is 95.5 cm³/mol. The third-order valence-electron chi connectivity index (χ3n) is 4.67. The van der Waals surface area contributed by atoms with Gasteiger partial charge in [-0.05, 0) is 63.9 Å². The number of benzene rings is 1. The lowest BCUT2D eigenvalue weighted by molar-refractivity contribution is -0.128. The van der Waals surface area contributed by atoms with E-state index in [1.165, 1.54) is 12.8 Å². The van der Waals surface area contributed by atoms with E-state index >= 15 is 0 Å². The summed E-state index contributed by atoms with van der Waals surface area (Å²) in [5.74, 6) is 2.07. The van der Waals surface area contributed by atoms with Crippen LogP contribution in [-0.2, 0) is 4.79 Å². The Kier molecular flexibility index (Phi) is 7.37. The maximum Gasteiger partial charge on any atom is 0.261 e. The van der Waals surface area contributed by atoms with Gasteiger partial charge < -0.3 is 19.7 Å². The van der Waals surface area contributed by atoms with Gasteiger partial charge in [-0.2, -0.15) is 0 Å². The zero-order valence-electron chi connectivity index (χ0n) is 15.1. The third-order valence-corrected chi connectivity index (χ3v) is 4.67. The zero-order valence-corrected chi connectivity index (χ0v) is 15.1. The summed E-state index contributed by atoms with van der Waals surface area (Å²) in [5, 5.41) is 3.03. The monoisotopic (exact) mass is 334 g/mol. The predicted octanol–water partition coefficient (Wildman–Crippen LogP) is 2.70. The van der Waals surface area contributed by atoms with E-state index in [4.69, 9.17) is 9.47 Å². The summed E-state index contributed by atoms with van der Waals surface area (Å²) in [6.45, 7) is 5.01. The summed E-state index contributed by atoms with van der Waals surface area (Å²) in [4.78, 5) is 14.7. The Morgan fingerprint density at radius 3 is 2.71 bits per heavy atom. The number of nitrogens with one attached hydrogen (secondary N) is 1. The van der Waals surface area contributed by atoms with Gasteiger partial charge in [0.05, 0.1) is 7.11 Å². The second-order valence-corrected chi connectivity index (χ2v) is 6.52. The summed E-state index contributed by atoms with van der Waals surface area (Å²) in [5.41, 5.74) is 0. The second kappa shape index (κ2) is 9.52. The second-order valence-electron chi connectivity index (χ2n) is 6.52. The van der Waals surface area contributed by atoms with E-state index in [0.717, 1.165) is 37.7 Å². The van der Waals surface area contributed by atoms with E-state index in [1.54, 1.807) is 13.2 Å². The molecule has 2 rings (SSSR count). The van der Waals surface area contributed by atoms with Crippen molar-refractivity contribution in [2.24, 2.45) is 5.92 Å². The molecule has 1 amide bonds. The van der Waals surface area contributed by atoms with Crippen LogP contribution < -0.4 is 14.8 Å². The van der Waals surface area contributed by atoms with E-state index in [9.17, 15) is 4.79 Å². The van der Waals surface area contributed by atoms with Crippen molar-refractivity contribution in [2.45, 2.75) is 38.7 Å². The fraction of sp³-hybridized carbons (Fsp3) is 0.632. The fourth-order valence-corrected chi connectivity index (χ4v) is 3.03. The van der Waals surface area contributed by atoms with Gasteiger partial charge in [-0.1, -0.05) is 13.0 Å². The van der Waals surface area contributed by atoms with Crippen molar-refractivity contribution in [3.8, 4) is 11.5 Å². The SMILES string of the molecule is CC[C@@H](Oc1cccc(OC)c1)C(=O)NCCC1CCN(C)CC1. The summed E-state index contributed by atoms with van der Waals surface area (Å²) >= 11 is 0. The number of amides is 1. The highest BCUT2D eigenvalue weighted by molar-refractivity contribution is 5.81. The first-order chi connectivity index (χ1) is 11.6. The molecule has 1 aliphatic heterocycles. The molecule has 0 aromatic heterocycles. The molecule has 1 heterocycles. The number of piperidine rings is 1. The summed E-state index contributed by atoms with van der Waals surface area (Å²) in [7, 11) is 3.78. The third kappa shape index (κ3) is 5.71. The lowest BCUT2D eigenvalue weighted by Gasteiger charge is -2.29. The molecule has 0 saturated carbocycles. The lowest BCUT2D eigenvalue weighted by atomic mass is 9.94. The lowest BCUT2D eigenvalue weighted by Crippen LogP contribution is -2.39. The Balaban J connectivity index is 1.76. The van der Waals surface area contributed by atoms with Crippen LogP contribution in [0.5, 0.6) is 11.5 Å². The Labute approximate surface area is 145 Å². The standard InChI is InChI=1S/C19H30N2O3/c1-4-18(24-17-7-5-6-16(14-17)23-3)19(22)20-11-8-15-9-12-21(2)13-10-15/h5-7,14-15,18H,4,8-13H2,1-3H3,(H,20,22)/t18-/m1/s1. The normalized spacial score (nSPS) is 17.3. The molecule has 1 saturated heterocycles. The Morgan fingerprint density at radius 2 is 2.04 bits per heavy atom. The molecule has 0 radical (unpaired) electrons. The van der Waals surface area contributed by atoms with Crippen molar-refractivity contribution >= 4 is 5.91 Å². The molecule has 1 N–H and O–H groups in total. The first-order valence-electron chi connectivity index (χ1n) is 8.89. The van der Waals surface area contributed by atoms with Crippen molar-refractivity contribution in [3.05, 3.63) is 24.3 Å². The molecule has 0 aliphatic carbocycles. The van der Waals surface area contributed by atoms with Gasteiger partial charge in [0, 0.05) is 12.6 Å². The molecular weight excluding hydrogens is 304 g/mol. The van der Waals surface area contributed by atoms with Crippen molar-refractivity contribution in [1.29, 1.82) is 0 Å². The van der Waals surface area contributed by atoms with E-state index in [0.29, 0.717) is 12.2 Å². The molecule has 1 aromatic carbocycles. The highest BCUT2D eigenvalue weighted by Crippen LogP contribution is 2.21. The number of likely N-dealkylation sites (tertiary alicyclic amines) is 1. The number of carbonyl (C=O) groups is 1. The van der Waals surface area contributed by atoms with Crippen molar-refractivity contribution in [1.82, 2.24) is 10.2 Å². The number of hydrogen-bond acceptors (Lipinski definition) is 4. The maximum atomic E-state index is 12.4. The van der Waals surface area contributed by atoms with Gasteiger partial charge in [0.1, 0.15) is 11.5 Å². The van der Waals surface area contributed by atoms with Gasteiger partial charge in [-0.3, -0.25) is 4.79 Å². The quantitative estimate of drug-likeness (QED) is 0.794. The van der Waals surface area contributed by atoms with Crippen LogP contribution >= 0.6 is 0 Å². The smallest absolute Gasteiger partial charge is 0.261 e. The average Bonchev–Trinajstić information content (AvgIpc) is 2.61. The van der Waals surface area contributed by atoms with E-state index < -0.39 is 6.10 Å². The first-order valence-corrected chi connectivity index (χ1v) is 8.89.